The van der Waals surface area contributed by atoms with E-state index in [-0.39, 0.29) is 12.5 Å². The lowest BCUT2D eigenvalue weighted by Gasteiger charge is -2.20. The number of allylic oxidation sites excluding steroid dienone is 1. The third-order valence-electron chi connectivity index (χ3n) is 5.79. The summed E-state index contributed by atoms with van der Waals surface area (Å²) in [7, 11) is 0. The summed E-state index contributed by atoms with van der Waals surface area (Å²) in [6.07, 6.45) is 5.83. The fourth-order valence-electron chi connectivity index (χ4n) is 4.33. The zero-order valence-electron chi connectivity index (χ0n) is 16.3. The third-order valence-corrected chi connectivity index (χ3v) is 5.79. The van der Waals surface area contributed by atoms with E-state index in [1.54, 1.807) is 0 Å². The number of alkyl carbamates (subject to hydrolysis) is 1. The Balaban J connectivity index is 1.41. The van der Waals surface area contributed by atoms with Crippen molar-refractivity contribution in [2.45, 2.75) is 44.1 Å². The number of carboxylic acids is 1. The largest absolute Gasteiger partial charge is 0.480 e. The lowest BCUT2D eigenvalue weighted by Crippen LogP contribution is -2.41. The summed E-state index contributed by atoms with van der Waals surface area (Å²) in [6.45, 7) is 0.175. The van der Waals surface area contributed by atoms with Gasteiger partial charge in [0, 0.05) is 5.92 Å². The number of aliphatic carboxylic acids is 1. The molecule has 0 saturated carbocycles. The van der Waals surface area contributed by atoms with Crippen LogP contribution in [0.3, 0.4) is 0 Å². The summed E-state index contributed by atoms with van der Waals surface area (Å²) in [6, 6.07) is 15.3. The van der Waals surface area contributed by atoms with E-state index < -0.39 is 18.1 Å². The van der Waals surface area contributed by atoms with Gasteiger partial charge in [-0.3, -0.25) is 0 Å². The van der Waals surface area contributed by atoms with E-state index in [0.717, 1.165) is 53.5 Å². The van der Waals surface area contributed by atoms with Crippen LogP contribution in [0.5, 0.6) is 0 Å². The van der Waals surface area contributed by atoms with Crippen LogP contribution in [0.2, 0.25) is 0 Å². The van der Waals surface area contributed by atoms with Crippen LogP contribution in [0.1, 0.15) is 49.1 Å². The Morgan fingerprint density at radius 2 is 1.69 bits per heavy atom. The van der Waals surface area contributed by atoms with Crippen LogP contribution in [-0.4, -0.2) is 29.8 Å². The van der Waals surface area contributed by atoms with Gasteiger partial charge in [0.2, 0.25) is 0 Å². The van der Waals surface area contributed by atoms with E-state index in [9.17, 15) is 14.7 Å². The predicted molar refractivity (Wildman–Crippen MR) is 111 cm³/mol. The maximum Gasteiger partial charge on any atom is 0.407 e. The predicted octanol–water partition coefficient (Wildman–Crippen LogP) is 4.87. The molecule has 0 unspecified atom stereocenters. The molecule has 2 aliphatic carbocycles. The van der Waals surface area contributed by atoms with Crippen molar-refractivity contribution in [1.82, 2.24) is 5.32 Å². The highest BCUT2D eigenvalue weighted by atomic mass is 16.5. The summed E-state index contributed by atoms with van der Waals surface area (Å²) in [4.78, 5) is 24.0. The fourth-order valence-corrected chi connectivity index (χ4v) is 4.33. The van der Waals surface area contributed by atoms with Gasteiger partial charge >= 0.3 is 12.1 Å². The summed E-state index contributed by atoms with van der Waals surface area (Å²) in [5.41, 5.74) is 5.67. The van der Waals surface area contributed by atoms with Crippen LogP contribution in [0, 0.1) is 0 Å². The highest BCUT2D eigenvalue weighted by molar-refractivity contribution is 5.81. The van der Waals surface area contributed by atoms with Crippen molar-refractivity contribution in [1.29, 1.82) is 0 Å². The second-order valence-electron chi connectivity index (χ2n) is 7.67. The normalized spacial score (nSPS) is 16.3. The monoisotopic (exact) mass is 391 g/mol. The molecule has 2 aliphatic rings. The summed E-state index contributed by atoms with van der Waals surface area (Å²) < 4.78 is 5.48. The molecule has 150 valence electrons. The molecule has 5 nitrogen and oxygen atoms in total. The number of fused-ring (bicyclic) bond motifs is 3. The molecule has 1 atom stereocenters. The van der Waals surface area contributed by atoms with Crippen molar-refractivity contribution in [3.8, 4) is 11.1 Å². The van der Waals surface area contributed by atoms with Gasteiger partial charge in [0.05, 0.1) is 0 Å². The molecule has 2 N–H and O–H groups in total. The van der Waals surface area contributed by atoms with Crippen molar-refractivity contribution < 1.29 is 19.4 Å². The smallest absolute Gasteiger partial charge is 0.407 e. The Morgan fingerprint density at radius 1 is 1.03 bits per heavy atom. The lowest BCUT2D eigenvalue weighted by molar-refractivity contribution is -0.139. The summed E-state index contributed by atoms with van der Waals surface area (Å²) >= 11 is 0. The first kappa shape index (κ1) is 19.2. The second-order valence-corrected chi connectivity index (χ2v) is 7.67. The topological polar surface area (TPSA) is 75.6 Å². The average Bonchev–Trinajstić information content (AvgIpc) is 3.06. The molecular weight excluding hydrogens is 366 g/mol. The van der Waals surface area contributed by atoms with Crippen molar-refractivity contribution in [3.63, 3.8) is 0 Å². The van der Waals surface area contributed by atoms with Gasteiger partial charge < -0.3 is 15.2 Å². The number of carbonyl (C=O) groups is 2. The van der Waals surface area contributed by atoms with Gasteiger partial charge in [-0.25, -0.2) is 9.59 Å². The SMILES string of the molecule is O=C(N[C@@H](CC1=CCCCC1)C(=O)O)OCC1c2ccccc2-c2ccccc21. The number of rotatable bonds is 6. The molecule has 5 heteroatoms. The van der Waals surface area contributed by atoms with Gasteiger partial charge in [-0.2, -0.15) is 0 Å². The molecule has 0 spiro atoms. The minimum absolute atomic E-state index is 0.0440. The van der Waals surface area contributed by atoms with Crippen LogP contribution in [0.15, 0.2) is 60.2 Å². The Kier molecular flexibility index (Phi) is 5.65. The average molecular weight is 391 g/mol. The Bertz CT molecular complexity index is 904. The van der Waals surface area contributed by atoms with Crippen molar-refractivity contribution in [2.75, 3.05) is 6.61 Å². The molecule has 29 heavy (non-hydrogen) atoms. The standard InChI is InChI=1S/C24H25NO4/c26-23(27)22(14-16-8-2-1-3-9-16)25-24(28)29-15-21-19-12-6-4-10-17(19)18-11-5-7-13-20(18)21/h4-8,10-13,21-22H,1-3,9,14-15H2,(H,25,28)(H,26,27)/t22-/m0/s1. The minimum atomic E-state index is -1.04. The molecule has 0 heterocycles. The number of hydrogen-bond donors (Lipinski definition) is 2. The molecule has 4 rings (SSSR count). The molecule has 0 aliphatic heterocycles. The molecule has 0 radical (unpaired) electrons. The summed E-state index contributed by atoms with van der Waals surface area (Å²) in [5, 5.41) is 12.0. The first-order chi connectivity index (χ1) is 14.1. The quantitative estimate of drug-likeness (QED) is 0.689. The van der Waals surface area contributed by atoms with E-state index >= 15 is 0 Å². The zero-order valence-corrected chi connectivity index (χ0v) is 16.3. The third kappa shape index (κ3) is 4.19. The first-order valence-corrected chi connectivity index (χ1v) is 10.2. The molecule has 0 bridgehead atoms. The van der Waals surface area contributed by atoms with Gasteiger partial charge in [0.1, 0.15) is 12.6 Å². The number of nitrogens with one attached hydrogen (secondary N) is 1. The van der Waals surface area contributed by atoms with Crippen LogP contribution in [0.25, 0.3) is 11.1 Å². The van der Waals surface area contributed by atoms with Gasteiger partial charge in [0.15, 0.2) is 0 Å². The number of amides is 1. The van der Waals surface area contributed by atoms with Crippen molar-refractivity contribution >= 4 is 12.1 Å². The van der Waals surface area contributed by atoms with Crippen LogP contribution >= 0.6 is 0 Å². The lowest BCUT2D eigenvalue weighted by atomic mass is 9.94. The summed E-state index contributed by atoms with van der Waals surface area (Å²) in [5.74, 6) is -1.08. The van der Waals surface area contributed by atoms with Gasteiger partial charge in [-0.05, 0) is 54.4 Å². The Labute approximate surface area is 170 Å². The minimum Gasteiger partial charge on any atom is -0.480 e. The Hall–Kier alpha value is -3.08. The highest BCUT2D eigenvalue weighted by Gasteiger charge is 2.30. The molecule has 1 amide bonds. The number of benzene rings is 2. The number of ether oxygens (including phenoxy) is 1. The molecule has 2 aromatic carbocycles. The molecule has 0 aromatic heterocycles. The maximum absolute atomic E-state index is 12.4. The van der Waals surface area contributed by atoms with Gasteiger partial charge in [0.25, 0.3) is 0 Å². The van der Waals surface area contributed by atoms with Gasteiger partial charge in [-0.1, -0.05) is 60.2 Å². The van der Waals surface area contributed by atoms with Gasteiger partial charge in [-0.15, -0.1) is 0 Å². The highest BCUT2D eigenvalue weighted by Crippen LogP contribution is 2.44. The van der Waals surface area contributed by atoms with E-state index in [1.165, 1.54) is 0 Å². The first-order valence-electron chi connectivity index (χ1n) is 10.2. The zero-order chi connectivity index (χ0) is 20.2. The van der Waals surface area contributed by atoms with E-state index in [2.05, 4.69) is 35.7 Å². The fraction of sp³-hybridized carbons (Fsp3) is 0.333. The van der Waals surface area contributed by atoms with E-state index in [4.69, 9.17) is 4.74 Å². The molecule has 2 aromatic rings. The molecule has 0 saturated heterocycles. The van der Waals surface area contributed by atoms with Crippen LogP contribution < -0.4 is 5.32 Å². The molecule has 0 fully saturated rings. The van der Waals surface area contributed by atoms with Crippen molar-refractivity contribution in [3.05, 3.63) is 71.3 Å². The number of carbonyl (C=O) groups excluding carboxylic acids is 1. The Morgan fingerprint density at radius 3 is 2.28 bits per heavy atom. The second kappa shape index (κ2) is 8.52. The number of carboxylic acid groups (broad SMARTS) is 1. The molecular formula is C24H25NO4. The van der Waals surface area contributed by atoms with E-state index in [1.807, 2.05) is 24.3 Å². The van der Waals surface area contributed by atoms with Crippen molar-refractivity contribution in [2.24, 2.45) is 0 Å². The van der Waals surface area contributed by atoms with Crippen LogP contribution in [0.4, 0.5) is 4.79 Å². The maximum atomic E-state index is 12.4. The van der Waals surface area contributed by atoms with E-state index in [0.29, 0.717) is 6.42 Å². The number of hydrogen-bond acceptors (Lipinski definition) is 3. The van der Waals surface area contributed by atoms with Crippen LogP contribution in [-0.2, 0) is 9.53 Å².